The van der Waals surface area contributed by atoms with Crippen molar-refractivity contribution in [1.29, 1.82) is 0 Å². The lowest BCUT2D eigenvalue weighted by atomic mass is 10.0. The number of pyridine rings is 1. The highest BCUT2D eigenvalue weighted by atomic mass is 32.1. The number of hydrogen-bond acceptors (Lipinski definition) is 4. The molecule has 20 heavy (non-hydrogen) atoms. The molecule has 0 bridgehead atoms. The zero-order valence-corrected chi connectivity index (χ0v) is 13.1. The van der Waals surface area contributed by atoms with E-state index in [1.807, 2.05) is 13.0 Å². The van der Waals surface area contributed by atoms with Crippen LogP contribution in [0.3, 0.4) is 0 Å². The molecule has 0 radical (unpaired) electrons. The molecule has 0 aromatic carbocycles. The molecule has 0 aliphatic rings. The SMILES string of the molecule is CCOc1ncccc1CN[C@@H](c1cccs1)C(C)C. The van der Waals surface area contributed by atoms with Crippen molar-refractivity contribution in [3.05, 3.63) is 46.3 Å². The van der Waals surface area contributed by atoms with Crippen LogP contribution in [0.2, 0.25) is 0 Å². The fourth-order valence-corrected chi connectivity index (χ4v) is 3.15. The number of rotatable bonds is 7. The zero-order valence-electron chi connectivity index (χ0n) is 12.3. The largest absolute Gasteiger partial charge is 0.478 e. The molecule has 2 rings (SSSR count). The number of ether oxygens (including phenoxy) is 1. The Hall–Kier alpha value is -1.39. The lowest BCUT2D eigenvalue weighted by Crippen LogP contribution is -2.25. The van der Waals surface area contributed by atoms with Gasteiger partial charge in [0, 0.05) is 29.2 Å². The topological polar surface area (TPSA) is 34.1 Å². The maximum Gasteiger partial charge on any atom is 0.217 e. The van der Waals surface area contributed by atoms with Crippen molar-refractivity contribution in [3.63, 3.8) is 0 Å². The van der Waals surface area contributed by atoms with Crippen LogP contribution in [0.4, 0.5) is 0 Å². The van der Waals surface area contributed by atoms with E-state index in [0.717, 1.165) is 18.0 Å². The lowest BCUT2D eigenvalue weighted by Gasteiger charge is -2.21. The van der Waals surface area contributed by atoms with Crippen molar-refractivity contribution in [2.75, 3.05) is 6.61 Å². The molecule has 0 fully saturated rings. The third-order valence-corrected chi connectivity index (χ3v) is 4.12. The van der Waals surface area contributed by atoms with Gasteiger partial charge in [0.1, 0.15) is 0 Å². The number of nitrogens with zero attached hydrogens (tertiary/aromatic N) is 1. The smallest absolute Gasteiger partial charge is 0.217 e. The van der Waals surface area contributed by atoms with Crippen LogP contribution in [-0.2, 0) is 6.54 Å². The maximum absolute atomic E-state index is 5.57. The third-order valence-electron chi connectivity index (χ3n) is 3.16. The minimum Gasteiger partial charge on any atom is -0.478 e. The van der Waals surface area contributed by atoms with Crippen LogP contribution in [0.5, 0.6) is 5.88 Å². The average molecular weight is 290 g/mol. The van der Waals surface area contributed by atoms with Crippen molar-refractivity contribution in [3.8, 4) is 5.88 Å². The quantitative estimate of drug-likeness (QED) is 0.836. The summed E-state index contributed by atoms with van der Waals surface area (Å²) in [6, 6.07) is 8.68. The highest BCUT2D eigenvalue weighted by Gasteiger charge is 2.17. The van der Waals surface area contributed by atoms with Gasteiger partial charge in [-0.1, -0.05) is 26.0 Å². The second kappa shape index (κ2) is 7.41. The summed E-state index contributed by atoms with van der Waals surface area (Å²) in [7, 11) is 0. The molecular formula is C16H22N2OS. The summed E-state index contributed by atoms with van der Waals surface area (Å²) in [6.45, 7) is 7.87. The first kappa shape index (κ1) is 15.0. The van der Waals surface area contributed by atoms with Crippen molar-refractivity contribution >= 4 is 11.3 Å². The minimum atomic E-state index is 0.365. The van der Waals surface area contributed by atoms with E-state index < -0.39 is 0 Å². The molecule has 4 heteroatoms. The Morgan fingerprint density at radius 2 is 2.15 bits per heavy atom. The van der Waals surface area contributed by atoms with Crippen molar-refractivity contribution in [1.82, 2.24) is 10.3 Å². The van der Waals surface area contributed by atoms with Crippen LogP contribution in [0.25, 0.3) is 0 Å². The van der Waals surface area contributed by atoms with E-state index in [2.05, 4.69) is 47.7 Å². The van der Waals surface area contributed by atoms with Gasteiger partial charge < -0.3 is 10.1 Å². The predicted molar refractivity (Wildman–Crippen MR) is 84.1 cm³/mol. The van der Waals surface area contributed by atoms with Gasteiger partial charge in [-0.15, -0.1) is 11.3 Å². The van der Waals surface area contributed by atoms with E-state index >= 15 is 0 Å². The first-order chi connectivity index (χ1) is 9.72. The van der Waals surface area contributed by atoms with E-state index in [1.165, 1.54) is 4.88 Å². The van der Waals surface area contributed by atoms with Gasteiger partial charge in [0.25, 0.3) is 0 Å². The third kappa shape index (κ3) is 3.81. The first-order valence-electron chi connectivity index (χ1n) is 7.05. The summed E-state index contributed by atoms with van der Waals surface area (Å²) < 4.78 is 5.57. The molecule has 0 saturated heterocycles. The maximum atomic E-state index is 5.57. The van der Waals surface area contributed by atoms with Crippen LogP contribution in [0.15, 0.2) is 35.8 Å². The van der Waals surface area contributed by atoms with Crippen molar-refractivity contribution in [2.24, 2.45) is 5.92 Å². The Labute approximate surface area is 125 Å². The zero-order chi connectivity index (χ0) is 14.4. The summed E-state index contributed by atoms with van der Waals surface area (Å²) in [5.41, 5.74) is 1.11. The normalized spacial score (nSPS) is 12.6. The number of thiophene rings is 1. The summed E-state index contributed by atoms with van der Waals surface area (Å²) in [4.78, 5) is 5.67. The van der Waals surface area contributed by atoms with Crippen LogP contribution >= 0.6 is 11.3 Å². The Balaban J connectivity index is 2.06. The van der Waals surface area contributed by atoms with Crippen LogP contribution in [-0.4, -0.2) is 11.6 Å². The van der Waals surface area contributed by atoms with Crippen LogP contribution < -0.4 is 10.1 Å². The van der Waals surface area contributed by atoms with Gasteiger partial charge in [-0.2, -0.15) is 0 Å². The van der Waals surface area contributed by atoms with Gasteiger partial charge in [0.05, 0.1) is 6.61 Å². The van der Waals surface area contributed by atoms with Gasteiger partial charge in [-0.3, -0.25) is 0 Å². The van der Waals surface area contributed by atoms with Crippen molar-refractivity contribution < 1.29 is 4.74 Å². The molecule has 1 atom stereocenters. The molecular weight excluding hydrogens is 268 g/mol. The monoisotopic (exact) mass is 290 g/mol. The second-order valence-corrected chi connectivity index (χ2v) is 6.00. The number of aromatic nitrogens is 1. The predicted octanol–water partition coefficient (Wildman–Crippen LogP) is 4.03. The van der Waals surface area contributed by atoms with E-state index in [0.29, 0.717) is 18.6 Å². The molecule has 108 valence electrons. The molecule has 3 nitrogen and oxygen atoms in total. The van der Waals surface area contributed by atoms with Crippen molar-refractivity contribution in [2.45, 2.75) is 33.4 Å². The fraction of sp³-hybridized carbons (Fsp3) is 0.438. The van der Waals surface area contributed by atoms with Crippen LogP contribution in [0.1, 0.15) is 37.3 Å². The second-order valence-electron chi connectivity index (χ2n) is 5.02. The van der Waals surface area contributed by atoms with Gasteiger partial charge in [-0.05, 0) is 30.4 Å². The molecule has 0 spiro atoms. The highest BCUT2D eigenvalue weighted by molar-refractivity contribution is 7.10. The summed E-state index contributed by atoms with van der Waals surface area (Å²) in [5, 5.41) is 5.75. The van der Waals surface area contributed by atoms with Gasteiger partial charge >= 0.3 is 0 Å². The van der Waals surface area contributed by atoms with E-state index in [4.69, 9.17) is 4.74 Å². The van der Waals surface area contributed by atoms with Gasteiger partial charge in [0.15, 0.2) is 0 Å². The van der Waals surface area contributed by atoms with Crippen LogP contribution in [0, 0.1) is 5.92 Å². The molecule has 0 aliphatic carbocycles. The Morgan fingerprint density at radius 1 is 1.30 bits per heavy atom. The Morgan fingerprint density at radius 3 is 2.80 bits per heavy atom. The summed E-state index contributed by atoms with van der Waals surface area (Å²) >= 11 is 1.80. The lowest BCUT2D eigenvalue weighted by molar-refractivity contribution is 0.319. The molecule has 2 heterocycles. The molecule has 2 aromatic heterocycles. The first-order valence-corrected chi connectivity index (χ1v) is 7.93. The average Bonchev–Trinajstić information content (AvgIpc) is 2.94. The van der Waals surface area contributed by atoms with E-state index in [-0.39, 0.29) is 0 Å². The molecule has 0 unspecified atom stereocenters. The summed E-state index contributed by atoms with van der Waals surface area (Å²) in [6.07, 6.45) is 1.77. The van der Waals surface area contributed by atoms with E-state index in [1.54, 1.807) is 17.5 Å². The highest BCUT2D eigenvalue weighted by Crippen LogP contribution is 2.26. The Bertz CT molecular complexity index is 511. The van der Waals surface area contributed by atoms with E-state index in [9.17, 15) is 0 Å². The fourth-order valence-electron chi connectivity index (χ4n) is 2.18. The van der Waals surface area contributed by atoms with Gasteiger partial charge in [-0.25, -0.2) is 4.98 Å². The molecule has 0 aliphatic heterocycles. The Kier molecular flexibility index (Phi) is 5.56. The minimum absolute atomic E-state index is 0.365. The molecule has 1 N–H and O–H groups in total. The summed E-state index contributed by atoms with van der Waals surface area (Å²) in [5.74, 6) is 1.28. The standard InChI is InChI=1S/C16H22N2OS/c1-4-19-16-13(7-5-9-17-16)11-18-15(12(2)3)14-8-6-10-20-14/h5-10,12,15,18H,4,11H2,1-3H3/t15-/m1/s1. The molecule has 0 saturated carbocycles. The molecule has 2 aromatic rings. The number of hydrogen-bond donors (Lipinski definition) is 1. The number of nitrogens with one attached hydrogen (secondary N) is 1. The van der Waals surface area contributed by atoms with Gasteiger partial charge in [0.2, 0.25) is 5.88 Å². The molecule has 0 amide bonds.